The second kappa shape index (κ2) is 7.79. The second-order valence-electron chi connectivity index (χ2n) is 6.39. The monoisotopic (exact) mass is 367 g/mol. The molecule has 5 heteroatoms. The summed E-state index contributed by atoms with van der Waals surface area (Å²) in [7, 11) is 0. The first-order valence-corrected chi connectivity index (χ1v) is 9.38. The highest BCUT2D eigenvalue weighted by atomic mass is 32.2. The number of hydrogen-bond acceptors (Lipinski definition) is 5. The average molecular weight is 367 g/mol. The van der Waals surface area contributed by atoms with E-state index in [0.717, 1.165) is 5.56 Å². The SMILES string of the molecule is CC(C)OC(=O)C1=C(N)SC(C(=O)c2ccccc2)C1c1ccccc1. The minimum atomic E-state index is -0.491. The van der Waals surface area contributed by atoms with Crippen LogP contribution in [0.25, 0.3) is 0 Å². The molecular weight excluding hydrogens is 346 g/mol. The maximum absolute atomic E-state index is 13.1. The van der Waals surface area contributed by atoms with Crippen molar-refractivity contribution in [2.75, 3.05) is 0 Å². The van der Waals surface area contributed by atoms with Crippen LogP contribution in [0.15, 0.2) is 71.3 Å². The first-order chi connectivity index (χ1) is 12.5. The number of ether oxygens (including phenoxy) is 1. The highest BCUT2D eigenvalue weighted by Gasteiger charge is 2.44. The summed E-state index contributed by atoms with van der Waals surface area (Å²) in [4.78, 5) is 25.8. The van der Waals surface area contributed by atoms with E-state index in [2.05, 4.69) is 0 Å². The molecule has 3 rings (SSSR count). The highest BCUT2D eigenvalue weighted by Crippen LogP contribution is 2.47. The molecule has 2 atom stereocenters. The lowest BCUT2D eigenvalue weighted by atomic mass is 9.85. The van der Waals surface area contributed by atoms with Crippen LogP contribution < -0.4 is 5.73 Å². The number of esters is 1. The molecule has 0 saturated heterocycles. The predicted molar refractivity (Wildman–Crippen MR) is 104 cm³/mol. The lowest BCUT2D eigenvalue weighted by Gasteiger charge is -2.21. The van der Waals surface area contributed by atoms with Crippen molar-refractivity contribution in [1.82, 2.24) is 0 Å². The Morgan fingerprint density at radius 2 is 1.58 bits per heavy atom. The first-order valence-electron chi connectivity index (χ1n) is 8.50. The molecule has 2 N–H and O–H groups in total. The van der Waals surface area contributed by atoms with Gasteiger partial charge < -0.3 is 10.5 Å². The van der Waals surface area contributed by atoms with E-state index < -0.39 is 17.1 Å². The van der Waals surface area contributed by atoms with Crippen LogP contribution in [0.3, 0.4) is 0 Å². The van der Waals surface area contributed by atoms with Crippen LogP contribution in [-0.4, -0.2) is 23.1 Å². The molecule has 134 valence electrons. The summed E-state index contributed by atoms with van der Waals surface area (Å²) in [6, 6.07) is 18.6. The Morgan fingerprint density at radius 1 is 1.00 bits per heavy atom. The van der Waals surface area contributed by atoms with Crippen molar-refractivity contribution in [3.63, 3.8) is 0 Å². The number of benzene rings is 2. The van der Waals surface area contributed by atoms with Crippen molar-refractivity contribution in [2.24, 2.45) is 5.73 Å². The summed E-state index contributed by atoms with van der Waals surface area (Å²) in [5, 5.41) is -0.131. The van der Waals surface area contributed by atoms with Gasteiger partial charge in [-0.3, -0.25) is 4.79 Å². The zero-order valence-corrected chi connectivity index (χ0v) is 15.5. The average Bonchev–Trinajstić information content (AvgIpc) is 2.99. The van der Waals surface area contributed by atoms with E-state index in [4.69, 9.17) is 10.5 Å². The lowest BCUT2D eigenvalue weighted by Crippen LogP contribution is -2.27. The van der Waals surface area contributed by atoms with Crippen molar-refractivity contribution < 1.29 is 14.3 Å². The smallest absolute Gasteiger partial charge is 0.337 e. The molecule has 0 amide bonds. The van der Waals surface area contributed by atoms with E-state index in [-0.39, 0.29) is 11.9 Å². The maximum atomic E-state index is 13.1. The molecule has 0 aromatic heterocycles. The Hall–Kier alpha value is -2.53. The molecule has 1 aliphatic heterocycles. The second-order valence-corrected chi connectivity index (χ2v) is 7.57. The number of thioether (sulfide) groups is 1. The third kappa shape index (κ3) is 3.68. The van der Waals surface area contributed by atoms with Crippen LogP contribution in [0.2, 0.25) is 0 Å². The molecule has 0 bridgehead atoms. The van der Waals surface area contributed by atoms with E-state index in [1.165, 1.54) is 11.8 Å². The third-order valence-electron chi connectivity index (χ3n) is 4.17. The van der Waals surface area contributed by atoms with E-state index in [1.54, 1.807) is 26.0 Å². The summed E-state index contributed by atoms with van der Waals surface area (Å²) in [6.45, 7) is 3.59. The summed E-state index contributed by atoms with van der Waals surface area (Å²) in [5.74, 6) is -0.929. The molecule has 0 fully saturated rings. The van der Waals surface area contributed by atoms with Crippen LogP contribution >= 0.6 is 11.8 Å². The van der Waals surface area contributed by atoms with E-state index in [0.29, 0.717) is 16.2 Å². The lowest BCUT2D eigenvalue weighted by molar-refractivity contribution is -0.142. The molecule has 0 saturated carbocycles. The van der Waals surface area contributed by atoms with Crippen molar-refractivity contribution in [3.05, 3.63) is 82.4 Å². The summed E-state index contributed by atoms with van der Waals surface area (Å²) < 4.78 is 5.39. The van der Waals surface area contributed by atoms with Crippen molar-refractivity contribution in [1.29, 1.82) is 0 Å². The molecule has 2 aromatic carbocycles. The number of carbonyl (C=O) groups is 2. The van der Waals surface area contributed by atoms with Gasteiger partial charge in [-0.25, -0.2) is 4.79 Å². The largest absolute Gasteiger partial charge is 0.460 e. The van der Waals surface area contributed by atoms with Crippen LogP contribution in [-0.2, 0) is 9.53 Å². The fourth-order valence-corrected chi connectivity index (χ4v) is 4.33. The van der Waals surface area contributed by atoms with Gasteiger partial charge in [0.15, 0.2) is 5.78 Å². The quantitative estimate of drug-likeness (QED) is 0.641. The zero-order valence-electron chi connectivity index (χ0n) is 14.7. The highest BCUT2D eigenvalue weighted by molar-refractivity contribution is 8.04. The molecule has 0 aliphatic carbocycles. The summed E-state index contributed by atoms with van der Waals surface area (Å²) in [6.07, 6.45) is -0.256. The van der Waals surface area contributed by atoms with Crippen LogP contribution in [0.5, 0.6) is 0 Å². The molecule has 0 radical (unpaired) electrons. The van der Waals surface area contributed by atoms with Gasteiger partial charge in [-0.1, -0.05) is 72.4 Å². The van der Waals surface area contributed by atoms with Gasteiger partial charge in [0, 0.05) is 11.5 Å². The number of rotatable bonds is 5. The number of nitrogens with two attached hydrogens (primary N) is 1. The normalized spacial score (nSPS) is 19.7. The fourth-order valence-electron chi connectivity index (χ4n) is 3.05. The van der Waals surface area contributed by atoms with Gasteiger partial charge in [-0.2, -0.15) is 0 Å². The number of Topliss-reactive ketones (excluding diaryl/α,β-unsaturated/α-hetero) is 1. The Kier molecular flexibility index (Phi) is 5.47. The topological polar surface area (TPSA) is 69.4 Å². The third-order valence-corrected chi connectivity index (χ3v) is 5.39. The van der Waals surface area contributed by atoms with Gasteiger partial charge in [0.05, 0.1) is 22.0 Å². The zero-order chi connectivity index (χ0) is 18.7. The van der Waals surface area contributed by atoms with E-state index in [9.17, 15) is 9.59 Å². The summed E-state index contributed by atoms with van der Waals surface area (Å²) in [5.41, 5.74) is 8.05. The fraction of sp³-hybridized carbons (Fsp3) is 0.238. The van der Waals surface area contributed by atoms with Crippen molar-refractivity contribution in [2.45, 2.75) is 31.1 Å². The first kappa shape index (κ1) is 18.3. The Labute approximate surface area is 157 Å². The van der Waals surface area contributed by atoms with Crippen LogP contribution in [0, 0.1) is 0 Å². The van der Waals surface area contributed by atoms with Crippen LogP contribution in [0.1, 0.15) is 35.7 Å². The Morgan fingerprint density at radius 3 is 2.15 bits per heavy atom. The van der Waals surface area contributed by atoms with E-state index >= 15 is 0 Å². The number of carbonyl (C=O) groups excluding carboxylic acids is 2. The summed E-state index contributed by atoms with van der Waals surface area (Å²) >= 11 is 1.24. The minimum Gasteiger partial charge on any atom is -0.460 e. The van der Waals surface area contributed by atoms with Crippen LogP contribution in [0.4, 0.5) is 0 Å². The van der Waals surface area contributed by atoms with Gasteiger partial charge >= 0.3 is 5.97 Å². The molecule has 1 aliphatic rings. The van der Waals surface area contributed by atoms with Gasteiger partial charge in [0.1, 0.15) is 0 Å². The van der Waals surface area contributed by atoms with Crippen molar-refractivity contribution >= 4 is 23.5 Å². The minimum absolute atomic E-state index is 0.0419. The van der Waals surface area contributed by atoms with Gasteiger partial charge in [0.2, 0.25) is 0 Å². The Balaban J connectivity index is 2.01. The van der Waals surface area contributed by atoms with Gasteiger partial charge in [-0.05, 0) is 19.4 Å². The molecule has 2 aromatic rings. The molecule has 1 heterocycles. The predicted octanol–water partition coefficient (Wildman–Crippen LogP) is 3.89. The molecule has 26 heavy (non-hydrogen) atoms. The van der Waals surface area contributed by atoms with Gasteiger partial charge in [0.25, 0.3) is 0 Å². The molecular formula is C21H21NO3S. The maximum Gasteiger partial charge on any atom is 0.337 e. The van der Waals surface area contributed by atoms with E-state index in [1.807, 2.05) is 48.5 Å². The number of hydrogen-bond donors (Lipinski definition) is 1. The Bertz CT molecular complexity index is 831. The molecule has 4 nitrogen and oxygen atoms in total. The molecule has 0 spiro atoms. The number of ketones is 1. The standard InChI is InChI=1S/C21H21NO3S/c1-13(2)25-21(24)17-16(14-9-5-3-6-10-14)19(26-20(17)22)18(23)15-11-7-4-8-12-15/h3-13,16,19H,22H2,1-2H3. The van der Waals surface area contributed by atoms with Crippen molar-refractivity contribution in [3.8, 4) is 0 Å². The van der Waals surface area contributed by atoms with Gasteiger partial charge in [-0.15, -0.1) is 0 Å². The molecule has 2 unspecified atom stereocenters.